The molecule has 0 fully saturated rings. The molecule has 0 radical (unpaired) electrons. The van der Waals surface area contributed by atoms with Crippen molar-refractivity contribution in [1.29, 1.82) is 0 Å². The van der Waals surface area contributed by atoms with Crippen molar-refractivity contribution < 1.29 is 9.53 Å². The van der Waals surface area contributed by atoms with E-state index in [9.17, 15) is 4.79 Å². The predicted octanol–water partition coefficient (Wildman–Crippen LogP) is 1.70. The van der Waals surface area contributed by atoms with Gasteiger partial charge in [-0.15, -0.1) is 0 Å². The van der Waals surface area contributed by atoms with Gasteiger partial charge in [0, 0.05) is 5.56 Å². The number of benzene rings is 1. The summed E-state index contributed by atoms with van der Waals surface area (Å²) in [7, 11) is 3.14. The minimum absolute atomic E-state index is 0.350. The van der Waals surface area contributed by atoms with Gasteiger partial charge in [0.1, 0.15) is 0 Å². The number of hydrogen-bond acceptors (Lipinski definition) is 3. The Morgan fingerprint density at radius 1 is 1.56 bits per heavy atom. The van der Waals surface area contributed by atoms with Crippen LogP contribution in [0.5, 0.6) is 0 Å². The number of rotatable bonds is 2. The summed E-state index contributed by atoms with van der Waals surface area (Å²) in [6.07, 6.45) is 0. The second-order valence-electron chi connectivity index (χ2n) is 3.02. The van der Waals surface area contributed by atoms with Crippen LogP contribution < -0.4 is 5.32 Å². The number of hydrogen-bond donors (Lipinski definition) is 1. The molecule has 4 heteroatoms. The van der Waals surface area contributed by atoms with E-state index in [-0.39, 0.29) is 0 Å². The van der Waals surface area contributed by atoms with Gasteiger partial charge in [0.2, 0.25) is 0 Å². The first kappa shape index (κ1) is 12.6. The molecule has 0 aromatic heterocycles. The molecule has 0 spiro atoms. The van der Waals surface area contributed by atoms with Crippen LogP contribution in [-0.2, 0) is 4.74 Å². The zero-order valence-electron chi connectivity index (χ0n) is 9.13. The molecule has 0 aliphatic carbocycles. The molecule has 0 atom stereocenters. The predicted molar refractivity (Wildman–Crippen MR) is 63.6 cm³/mol. The highest BCUT2D eigenvalue weighted by atomic mass is 35.5. The van der Waals surface area contributed by atoms with Gasteiger partial charge in [-0.1, -0.05) is 23.4 Å². The van der Waals surface area contributed by atoms with E-state index < -0.39 is 5.97 Å². The van der Waals surface area contributed by atoms with Crippen LogP contribution in [0.1, 0.15) is 15.9 Å². The number of nitrogens with one attached hydrogen (secondary N) is 1. The third-order valence-corrected chi connectivity index (χ3v) is 2.18. The van der Waals surface area contributed by atoms with Crippen LogP contribution in [0.15, 0.2) is 18.2 Å². The number of methoxy groups -OCH3 is 1. The second kappa shape index (κ2) is 6.16. The smallest absolute Gasteiger partial charge is 0.339 e. The van der Waals surface area contributed by atoms with E-state index >= 15 is 0 Å². The van der Waals surface area contributed by atoms with Gasteiger partial charge < -0.3 is 10.1 Å². The van der Waals surface area contributed by atoms with Gasteiger partial charge in [-0.2, -0.15) is 0 Å². The Labute approximate surface area is 99.7 Å². The van der Waals surface area contributed by atoms with E-state index in [0.717, 1.165) is 5.56 Å². The lowest BCUT2D eigenvalue weighted by molar-refractivity contribution is 0.0601. The summed E-state index contributed by atoms with van der Waals surface area (Å²) in [5.74, 6) is 5.38. The van der Waals surface area contributed by atoms with E-state index in [2.05, 4.69) is 21.9 Å². The van der Waals surface area contributed by atoms with Crippen LogP contribution in [0.25, 0.3) is 0 Å². The van der Waals surface area contributed by atoms with Crippen LogP contribution in [0.2, 0.25) is 5.02 Å². The molecule has 0 saturated carbocycles. The third-order valence-electron chi connectivity index (χ3n) is 1.87. The van der Waals surface area contributed by atoms with Gasteiger partial charge in [-0.3, -0.25) is 0 Å². The lowest BCUT2D eigenvalue weighted by Crippen LogP contribution is -2.04. The van der Waals surface area contributed by atoms with Crippen molar-refractivity contribution in [2.75, 3.05) is 20.7 Å². The van der Waals surface area contributed by atoms with Crippen molar-refractivity contribution in [3.63, 3.8) is 0 Å². The topological polar surface area (TPSA) is 38.3 Å². The van der Waals surface area contributed by atoms with Crippen LogP contribution in [0, 0.1) is 11.8 Å². The molecule has 0 unspecified atom stereocenters. The monoisotopic (exact) mass is 237 g/mol. The Kier molecular flexibility index (Phi) is 4.84. The summed E-state index contributed by atoms with van der Waals surface area (Å²) in [5, 5.41) is 3.26. The molecule has 84 valence electrons. The Morgan fingerprint density at radius 2 is 2.31 bits per heavy atom. The highest BCUT2D eigenvalue weighted by Crippen LogP contribution is 2.18. The van der Waals surface area contributed by atoms with Gasteiger partial charge in [-0.25, -0.2) is 4.79 Å². The van der Waals surface area contributed by atoms with Crippen molar-refractivity contribution in [2.24, 2.45) is 0 Å². The van der Waals surface area contributed by atoms with Crippen molar-refractivity contribution in [1.82, 2.24) is 5.32 Å². The van der Waals surface area contributed by atoms with Crippen molar-refractivity contribution in [3.05, 3.63) is 34.3 Å². The van der Waals surface area contributed by atoms with Crippen LogP contribution in [0.3, 0.4) is 0 Å². The lowest BCUT2D eigenvalue weighted by Gasteiger charge is -2.01. The maximum Gasteiger partial charge on any atom is 0.339 e. The molecule has 1 aromatic carbocycles. The number of carbonyl (C=O) groups excluding carboxylic acids is 1. The average molecular weight is 238 g/mol. The lowest BCUT2D eigenvalue weighted by atomic mass is 10.1. The van der Waals surface area contributed by atoms with Gasteiger partial charge in [0.05, 0.1) is 24.2 Å². The summed E-state index contributed by atoms with van der Waals surface area (Å²) in [6.45, 7) is 0.608. The first-order valence-corrected chi connectivity index (χ1v) is 5.08. The van der Waals surface area contributed by atoms with E-state index in [1.807, 2.05) is 7.05 Å². The van der Waals surface area contributed by atoms with E-state index in [1.165, 1.54) is 7.11 Å². The maximum atomic E-state index is 11.3. The third kappa shape index (κ3) is 3.27. The highest BCUT2D eigenvalue weighted by Gasteiger charge is 2.09. The van der Waals surface area contributed by atoms with Gasteiger partial charge >= 0.3 is 5.97 Å². The van der Waals surface area contributed by atoms with Crippen LogP contribution in [-0.4, -0.2) is 26.7 Å². The molecule has 16 heavy (non-hydrogen) atoms. The number of ether oxygens (including phenoxy) is 1. The van der Waals surface area contributed by atoms with Crippen LogP contribution >= 0.6 is 11.6 Å². The fourth-order valence-electron chi connectivity index (χ4n) is 1.10. The fourth-order valence-corrected chi connectivity index (χ4v) is 1.36. The SMILES string of the molecule is CNCC#Cc1ccc(C(=O)OC)c(Cl)c1. The maximum absolute atomic E-state index is 11.3. The summed E-state index contributed by atoms with van der Waals surface area (Å²) in [6, 6.07) is 4.99. The first-order valence-electron chi connectivity index (χ1n) is 4.70. The molecule has 0 aliphatic rings. The molecule has 3 nitrogen and oxygen atoms in total. The van der Waals surface area contributed by atoms with Gasteiger partial charge in [0.15, 0.2) is 0 Å². The van der Waals surface area contributed by atoms with E-state index in [4.69, 9.17) is 11.6 Å². The Balaban J connectivity index is 2.92. The minimum Gasteiger partial charge on any atom is -0.465 e. The second-order valence-corrected chi connectivity index (χ2v) is 3.43. The quantitative estimate of drug-likeness (QED) is 0.629. The molecule has 1 rings (SSSR count). The van der Waals surface area contributed by atoms with Crippen LogP contribution in [0.4, 0.5) is 0 Å². The van der Waals surface area contributed by atoms with E-state index in [1.54, 1.807) is 18.2 Å². The summed E-state index contributed by atoms with van der Waals surface area (Å²) in [5.41, 5.74) is 1.12. The normalized spacial score (nSPS) is 9.19. The van der Waals surface area contributed by atoms with Crippen molar-refractivity contribution in [2.45, 2.75) is 0 Å². The molecule has 0 aliphatic heterocycles. The number of halogens is 1. The van der Waals surface area contributed by atoms with Gasteiger partial charge in [-0.05, 0) is 25.2 Å². The zero-order chi connectivity index (χ0) is 12.0. The number of esters is 1. The molecule has 0 bridgehead atoms. The molecule has 0 saturated heterocycles. The molecule has 1 N–H and O–H groups in total. The Morgan fingerprint density at radius 3 is 2.88 bits per heavy atom. The fraction of sp³-hybridized carbons (Fsp3) is 0.250. The van der Waals surface area contributed by atoms with Crippen molar-refractivity contribution in [3.8, 4) is 11.8 Å². The average Bonchev–Trinajstić information content (AvgIpc) is 2.29. The summed E-state index contributed by atoms with van der Waals surface area (Å²) in [4.78, 5) is 11.3. The Hall–Kier alpha value is -1.50. The first-order chi connectivity index (χ1) is 7.69. The Bertz CT molecular complexity index is 446. The summed E-state index contributed by atoms with van der Waals surface area (Å²) < 4.78 is 4.59. The minimum atomic E-state index is -0.445. The molecular weight excluding hydrogens is 226 g/mol. The highest BCUT2D eigenvalue weighted by molar-refractivity contribution is 6.33. The van der Waals surface area contributed by atoms with E-state index in [0.29, 0.717) is 17.1 Å². The molecule has 1 aromatic rings. The zero-order valence-corrected chi connectivity index (χ0v) is 9.89. The standard InChI is InChI=1S/C12H12ClNO2/c1-14-7-3-4-9-5-6-10(11(13)8-9)12(15)16-2/h5-6,8,14H,7H2,1-2H3. The largest absolute Gasteiger partial charge is 0.465 e. The number of carbonyl (C=O) groups is 1. The van der Waals surface area contributed by atoms with Crippen molar-refractivity contribution >= 4 is 17.6 Å². The van der Waals surface area contributed by atoms with Gasteiger partial charge in [0.25, 0.3) is 0 Å². The summed E-state index contributed by atoms with van der Waals surface area (Å²) >= 11 is 5.93. The molecular formula is C12H12ClNO2. The molecule has 0 amide bonds. The molecule has 0 heterocycles.